The van der Waals surface area contributed by atoms with Crippen LogP contribution in [-0.2, 0) is 16.6 Å². The van der Waals surface area contributed by atoms with E-state index >= 15 is 0 Å². The van der Waals surface area contributed by atoms with Crippen molar-refractivity contribution in [1.29, 1.82) is 0 Å². The van der Waals surface area contributed by atoms with Gasteiger partial charge in [0.1, 0.15) is 0 Å². The van der Waals surface area contributed by atoms with Crippen LogP contribution < -0.4 is 4.72 Å². The minimum atomic E-state index is -3.58. The Labute approximate surface area is 164 Å². The van der Waals surface area contributed by atoms with Crippen molar-refractivity contribution in [3.05, 3.63) is 58.3 Å². The first-order valence-corrected chi connectivity index (χ1v) is 11.1. The molecule has 1 N–H and O–H groups in total. The Morgan fingerprint density at radius 1 is 1.08 bits per heavy atom. The average Bonchev–Trinajstić information content (AvgIpc) is 3.17. The zero-order valence-corrected chi connectivity index (χ0v) is 16.8. The molecule has 0 radical (unpaired) electrons. The molecule has 128 valence electrons. The Balaban J connectivity index is 1.54. The monoisotopic (exact) mass is 483 g/mol. The van der Waals surface area contributed by atoms with Gasteiger partial charge in [0.15, 0.2) is 5.16 Å². The van der Waals surface area contributed by atoms with Gasteiger partial charge in [0.25, 0.3) is 10.0 Å². The van der Waals surface area contributed by atoms with Crippen LogP contribution in [0.25, 0.3) is 11.3 Å². The lowest BCUT2D eigenvalue weighted by Gasteiger charge is -2.08. The number of anilines is 1. The Kier molecular flexibility index (Phi) is 4.50. The molecule has 3 aromatic rings. The lowest BCUT2D eigenvalue weighted by Crippen LogP contribution is -2.12. The molecule has 4 rings (SSSR count). The standard InChI is InChI=1S/C17H14IN3O2S2/c18-13-3-7-15(8-4-13)25(22,23)20-14-5-1-12(2-6-14)16-11-21-9-10-24-17(21)19-16/h1-8,11,20H,9-10H2. The van der Waals surface area contributed by atoms with E-state index in [1.54, 1.807) is 48.2 Å². The van der Waals surface area contributed by atoms with E-state index < -0.39 is 10.0 Å². The Hall–Kier alpha value is -1.52. The Morgan fingerprint density at radius 3 is 2.48 bits per heavy atom. The Bertz CT molecular complexity index is 992. The highest BCUT2D eigenvalue weighted by molar-refractivity contribution is 14.1. The maximum absolute atomic E-state index is 12.4. The molecule has 0 saturated heterocycles. The number of rotatable bonds is 4. The molecule has 1 aliphatic rings. The number of fused-ring (bicyclic) bond motifs is 1. The summed E-state index contributed by atoms with van der Waals surface area (Å²) in [6.07, 6.45) is 2.04. The Morgan fingerprint density at radius 2 is 1.80 bits per heavy atom. The van der Waals surface area contributed by atoms with Crippen LogP contribution in [0.1, 0.15) is 0 Å². The smallest absolute Gasteiger partial charge is 0.261 e. The second kappa shape index (κ2) is 6.65. The van der Waals surface area contributed by atoms with E-state index in [0.717, 1.165) is 32.3 Å². The van der Waals surface area contributed by atoms with Gasteiger partial charge >= 0.3 is 0 Å². The lowest BCUT2D eigenvalue weighted by molar-refractivity contribution is 0.601. The van der Waals surface area contributed by atoms with Gasteiger partial charge in [-0.15, -0.1) is 0 Å². The number of nitrogens with zero attached hydrogens (tertiary/aromatic N) is 2. The fraction of sp³-hybridized carbons (Fsp3) is 0.118. The molecule has 2 heterocycles. The van der Waals surface area contributed by atoms with Crippen LogP contribution in [0, 0.1) is 3.57 Å². The van der Waals surface area contributed by atoms with E-state index in [-0.39, 0.29) is 4.90 Å². The quantitative estimate of drug-likeness (QED) is 0.569. The van der Waals surface area contributed by atoms with Crippen molar-refractivity contribution in [3.8, 4) is 11.3 Å². The van der Waals surface area contributed by atoms with Crippen molar-refractivity contribution in [2.75, 3.05) is 10.5 Å². The molecule has 0 atom stereocenters. The van der Waals surface area contributed by atoms with E-state index in [2.05, 4.69) is 36.9 Å². The molecule has 0 saturated carbocycles. The van der Waals surface area contributed by atoms with Crippen LogP contribution in [0.5, 0.6) is 0 Å². The van der Waals surface area contributed by atoms with Crippen LogP contribution in [0.3, 0.4) is 0 Å². The molecule has 2 aromatic carbocycles. The molecule has 0 bridgehead atoms. The van der Waals surface area contributed by atoms with E-state index in [1.807, 2.05) is 18.3 Å². The molecule has 8 heteroatoms. The number of hydrogen-bond acceptors (Lipinski definition) is 4. The SMILES string of the molecule is O=S(=O)(Nc1ccc(-c2cn3c(n2)SCC3)cc1)c1ccc(I)cc1. The number of hydrogen-bond donors (Lipinski definition) is 1. The molecule has 0 spiro atoms. The van der Waals surface area contributed by atoms with Crippen LogP contribution in [-0.4, -0.2) is 23.7 Å². The van der Waals surface area contributed by atoms with E-state index in [1.165, 1.54) is 0 Å². The van der Waals surface area contributed by atoms with Gasteiger partial charge in [0.05, 0.1) is 10.6 Å². The van der Waals surface area contributed by atoms with Crippen LogP contribution >= 0.6 is 34.4 Å². The highest BCUT2D eigenvalue weighted by Gasteiger charge is 2.16. The van der Waals surface area contributed by atoms with Crippen molar-refractivity contribution >= 4 is 50.1 Å². The predicted octanol–water partition coefficient (Wildman–Crippen LogP) is 4.06. The molecular formula is C17H14IN3O2S2. The summed E-state index contributed by atoms with van der Waals surface area (Å²) in [6, 6.07) is 14.0. The lowest BCUT2D eigenvalue weighted by atomic mass is 10.1. The van der Waals surface area contributed by atoms with Crippen molar-refractivity contribution in [3.63, 3.8) is 0 Å². The zero-order valence-electron chi connectivity index (χ0n) is 13.0. The van der Waals surface area contributed by atoms with Gasteiger partial charge < -0.3 is 4.57 Å². The largest absolute Gasteiger partial charge is 0.325 e. The predicted molar refractivity (Wildman–Crippen MR) is 108 cm³/mol. The van der Waals surface area contributed by atoms with Gasteiger partial charge in [-0.1, -0.05) is 23.9 Å². The molecule has 1 aliphatic heterocycles. The maximum Gasteiger partial charge on any atom is 0.261 e. The first-order valence-electron chi connectivity index (χ1n) is 7.60. The van der Waals surface area contributed by atoms with E-state index in [4.69, 9.17) is 0 Å². The van der Waals surface area contributed by atoms with Gasteiger partial charge in [-0.2, -0.15) is 0 Å². The number of imidazole rings is 1. The molecular weight excluding hydrogens is 469 g/mol. The fourth-order valence-electron chi connectivity index (χ4n) is 2.59. The summed E-state index contributed by atoms with van der Waals surface area (Å²) in [5.41, 5.74) is 2.41. The normalized spacial score (nSPS) is 13.6. The van der Waals surface area contributed by atoms with Crippen LogP contribution in [0.4, 0.5) is 5.69 Å². The van der Waals surface area contributed by atoms with Crippen molar-refractivity contribution in [1.82, 2.24) is 9.55 Å². The summed E-state index contributed by atoms with van der Waals surface area (Å²) in [6.45, 7) is 0.987. The van der Waals surface area contributed by atoms with Gasteiger partial charge in [0.2, 0.25) is 0 Å². The van der Waals surface area contributed by atoms with Crippen LogP contribution in [0.15, 0.2) is 64.8 Å². The molecule has 5 nitrogen and oxygen atoms in total. The maximum atomic E-state index is 12.4. The molecule has 1 aromatic heterocycles. The molecule has 0 fully saturated rings. The van der Waals surface area contributed by atoms with Crippen molar-refractivity contribution in [2.45, 2.75) is 16.6 Å². The third-order valence-electron chi connectivity index (χ3n) is 3.86. The summed E-state index contributed by atoms with van der Waals surface area (Å²) in [5.74, 6) is 1.07. The minimum Gasteiger partial charge on any atom is -0.325 e. The second-order valence-corrected chi connectivity index (χ2v) is 9.58. The number of nitrogens with one attached hydrogen (secondary N) is 1. The molecule has 0 amide bonds. The average molecular weight is 483 g/mol. The van der Waals surface area contributed by atoms with Gasteiger partial charge in [0, 0.05) is 33.3 Å². The van der Waals surface area contributed by atoms with E-state index in [0.29, 0.717) is 5.69 Å². The number of thioether (sulfide) groups is 1. The van der Waals surface area contributed by atoms with E-state index in [9.17, 15) is 8.42 Å². The first-order chi connectivity index (χ1) is 12.0. The summed E-state index contributed by atoms with van der Waals surface area (Å²) >= 11 is 3.90. The number of aromatic nitrogens is 2. The number of aryl methyl sites for hydroxylation is 1. The molecule has 0 unspecified atom stereocenters. The fourth-order valence-corrected chi connectivity index (χ4v) is 4.95. The minimum absolute atomic E-state index is 0.250. The summed E-state index contributed by atoms with van der Waals surface area (Å²) in [5, 5.41) is 1.04. The second-order valence-electron chi connectivity index (χ2n) is 5.59. The topological polar surface area (TPSA) is 64.0 Å². The zero-order chi connectivity index (χ0) is 17.4. The van der Waals surface area contributed by atoms with Gasteiger partial charge in [-0.3, -0.25) is 4.72 Å². The highest BCUT2D eigenvalue weighted by Crippen LogP contribution is 2.29. The van der Waals surface area contributed by atoms with Gasteiger partial charge in [-0.05, 0) is 59.0 Å². The summed E-state index contributed by atoms with van der Waals surface area (Å²) in [7, 11) is -3.58. The summed E-state index contributed by atoms with van der Waals surface area (Å²) < 4.78 is 30.6. The van der Waals surface area contributed by atoms with Crippen molar-refractivity contribution in [2.24, 2.45) is 0 Å². The highest BCUT2D eigenvalue weighted by atomic mass is 127. The van der Waals surface area contributed by atoms with Crippen molar-refractivity contribution < 1.29 is 8.42 Å². The van der Waals surface area contributed by atoms with Crippen LogP contribution in [0.2, 0.25) is 0 Å². The summed E-state index contributed by atoms with van der Waals surface area (Å²) in [4.78, 5) is 4.86. The third kappa shape index (κ3) is 3.56. The number of sulfonamides is 1. The molecule has 0 aliphatic carbocycles. The first kappa shape index (κ1) is 16.9. The number of benzene rings is 2. The van der Waals surface area contributed by atoms with Gasteiger partial charge in [-0.25, -0.2) is 13.4 Å². The third-order valence-corrected chi connectivity index (χ3v) is 6.95. The molecule has 25 heavy (non-hydrogen) atoms. The number of halogens is 1.